The largest absolute Gasteiger partial charge is 0.379 e. The molecule has 6 heteroatoms. The van der Waals surface area contributed by atoms with Crippen LogP contribution in [0.3, 0.4) is 0 Å². The van der Waals surface area contributed by atoms with Crippen molar-refractivity contribution < 1.29 is 18.3 Å². The molecule has 0 aliphatic carbocycles. The zero-order valence-electron chi connectivity index (χ0n) is 10.8. The summed E-state index contributed by atoms with van der Waals surface area (Å²) in [7, 11) is 1.72. The van der Waals surface area contributed by atoms with Gasteiger partial charge in [0.2, 0.25) is 5.91 Å². The van der Waals surface area contributed by atoms with Gasteiger partial charge < -0.3 is 15.4 Å². The van der Waals surface area contributed by atoms with Gasteiger partial charge in [-0.15, -0.1) is 0 Å². The minimum absolute atomic E-state index is 0.143. The smallest absolute Gasteiger partial charge is 0.231 e. The normalized spacial score (nSPS) is 22.5. The van der Waals surface area contributed by atoms with Crippen LogP contribution in [0, 0.1) is 24.5 Å². The lowest BCUT2D eigenvalue weighted by molar-refractivity contribution is -0.120. The first-order chi connectivity index (χ1) is 9.04. The fraction of sp³-hybridized carbons (Fsp3) is 0.462. The molecule has 19 heavy (non-hydrogen) atoms. The van der Waals surface area contributed by atoms with E-state index in [2.05, 4.69) is 10.6 Å². The molecule has 0 spiro atoms. The van der Waals surface area contributed by atoms with Gasteiger partial charge in [-0.3, -0.25) is 4.79 Å². The molecule has 0 aromatic heterocycles. The van der Waals surface area contributed by atoms with Crippen LogP contribution >= 0.6 is 0 Å². The molecule has 1 aromatic carbocycles. The second-order valence-corrected chi connectivity index (χ2v) is 4.58. The Bertz CT molecular complexity index is 494. The highest BCUT2D eigenvalue weighted by Gasteiger charge is 2.33. The molecule has 0 saturated carbocycles. The maximum Gasteiger partial charge on any atom is 0.231 e. The number of carbonyl (C=O) groups is 1. The first-order valence-corrected chi connectivity index (χ1v) is 6.05. The Labute approximate surface area is 110 Å². The Kier molecular flexibility index (Phi) is 4.11. The first-order valence-electron chi connectivity index (χ1n) is 6.05. The van der Waals surface area contributed by atoms with Gasteiger partial charge in [0.05, 0.1) is 19.1 Å². The number of amides is 1. The summed E-state index contributed by atoms with van der Waals surface area (Å²) in [6, 6.07) is 2.32. The number of rotatable bonds is 3. The van der Waals surface area contributed by atoms with Crippen LogP contribution in [0.4, 0.5) is 14.5 Å². The van der Waals surface area contributed by atoms with E-state index in [9.17, 15) is 13.6 Å². The SMILES string of the molecule is CNC1COCC1C(=O)Nc1c(F)ccc(C)c1F. The van der Waals surface area contributed by atoms with Crippen LogP contribution in [-0.4, -0.2) is 32.2 Å². The number of carbonyl (C=O) groups excluding carboxylic acids is 1. The van der Waals surface area contributed by atoms with Gasteiger partial charge in [-0.25, -0.2) is 8.78 Å². The molecule has 1 aromatic rings. The average Bonchev–Trinajstić information content (AvgIpc) is 2.87. The van der Waals surface area contributed by atoms with Crippen molar-refractivity contribution in [3.63, 3.8) is 0 Å². The van der Waals surface area contributed by atoms with Gasteiger partial charge in [-0.1, -0.05) is 6.07 Å². The third kappa shape index (κ3) is 2.74. The number of nitrogens with one attached hydrogen (secondary N) is 2. The van der Waals surface area contributed by atoms with Gasteiger partial charge in [0.15, 0.2) is 5.82 Å². The van der Waals surface area contributed by atoms with Crippen LogP contribution in [0.25, 0.3) is 0 Å². The molecule has 2 atom stereocenters. The predicted octanol–water partition coefficient (Wildman–Crippen LogP) is 1.45. The van der Waals surface area contributed by atoms with E-state index in [-0.39, 0.29) is 18.2 Å². The van der Waals surface area contributed by atoms with E-state index in [0.29, 0.717) is 6.61 Å². The third-order valence-electron chi connectivity index (χ3n) is 3.32. The Morgan fingerprint density at radius 3 is 2.79 bits per heavy atom. The molecule has 0 radical (unpaired) electrons. The first kappa shape index (κ1) is 13.9. The zero-order valence-corrected chi connectivity index (χ0v) is 10.8. The van der Waals surface area contributed by atoms with E-state index in [1.807, 2.05) is 0 Å². The van der Waals surface area contributed by atoms with E-state index >= 15 is 0 Å². The molecule has 2 rings (SSSR count). The molecule has 1 aliphatic heterocycles. The lowest BCUT2D eigenvalue weighted by atomic mass is 10.0. The molecule has 1 heterocycles. The molecule has 2 N–H and O–H groups in total. The van der Waals surface area contributed by atoms with Crippen molar-refractivity contribution in [3.8, 4) is 0 Å². The van der Waals surface area contributed by atoms with Crippen LogP contribution in [0.5, 0.6) is 0 Å². The van der Waals surface area contributed by atoms with Crippen molar-refractivity contribution in [3.05, 3.63) is 29.3 Å². The fourth-order valence-electron chi connectivity index (χ4n) is 2.08. The second-order valence-electron chi connectivity index (χ2n) is 4.58. The van der Waals surface area contributed by atoms with Crippen molar-refractivity contribution in [2.24, 2.45) is 5.92 Å². The summed E-state index contributed by atoms with van der Waals surface area (Å²) in [5.74, 6) is -2.42. The zero-order chi connectivity index (χ0) is 14.0. The van der Waals surface area contributed by atoms with E-state index in [0.717, 1.165) is 6.07 Å². The van der Waals surface area contributed by atoms with Crippen LogP contribution in [0.2, 0.25) is 0 Å². The Morgan fingerprint density at radius 1 is 1.37 bits per heavy atom. The van der Waals surface area contributed by atoms with Crippen LogP contribution in [-0.2, 0) is 9.53 Å². The van der Waals surface area contributed by atoms with Gasteiger partial charge >= 0.3 is 0 Å². The highest BCUT2D eigenvalue weighted by molar-refractivity contribution is 5.93. The van der Waals surface area contributed by atoms with E-state index < -0.39 is 29.1 Å². The lowest BCUT2D eigenvalue weighted by Crippen LogP contribution is -2.39. The van der Waals surface area contributed by atoms with E-state index in [1.54, 1.807) is 7.05 Å². The molecular formula is C13H16F2N2O2. The van der Waals surface area contributed by atoms with Crippen LogP contribution in [0.1, 0.15) is 5.56 Å². The maximum absolute atomic E-state index is 13.8. The van der Waals surface area contributed by atoms with Gasteiger partial charge in [0.1, 0.15) is 11.5 Å². The number of likely N-dealkylation sites (N-methyl/N-ethyl adjacent to an activating group) is 1. The van der Waals surface area contributed by atoms with E-state index in [1.165, 1.54) is 13.0 Å². The molecular weight excluding hydrogens is 254 g/mol. The quantitative estimate of drug-likeness (QED) is 0.874. The van der Waals surface area contributed by atoms with Crippen LogP contribution < -0.4 is 10.6 Å². The molecule has 1 amide bonds. The predicted molar refractivity (Wildman–Crippen MR) is 66.9 cm³/mol. The van der Waals surface area contributed by atoms with Crippen molar-refractivity contribution in [2.45, 2.75) is 13.0 Å². The Balaban J connectivity index is 2.17. The molecule has 4 nitrogen and oxygen atoms in total. The highest BCUT2D eigenvalue weighted by Crippen LogP contribution is 2.23. The number of benzene rings is 1. The average molecular weight is 270 g/mol. The van der Waals surface area contributed by atoms with Gasteiger partial charge in [0, 0.05) is 6.04 Å². The van der Waals surface area contributed by atoms with Crippen molar-refractivity contribution in [2.75, 3.05) is 25.6 Å². The van der Waals surface area contributed by atoms with Crippen LogP contribution in [0.15, 0.2) is 12.1 Å². The van der Waals surface area contributed by atoms with Gasteiger partial charge in [-0.05, 0) is 25.6 Å². The number of anilines is 1. The van der Waals surface area contributed by atoms with Crippen molar-refractivity contribution >= 4 is 11.6 Å². The summed E-state index contributed by atoms with van der Waals surface area (Å²) < 4.78 is 32.5. The minimum atomic E-state index is -0.781. The summed E-state index contributed by atoms with van der Waals surface area (Å²) in [5.41, 5.74) is -0.115. The second kappa shape index (κ2) is 5.63. The minimum Gasteiger partial charge on any atom is -0.379 e. The van der Waals surface area contributed by atoms with Crippen molar-refractivity contribution in [1.29, 1.82) is 0 Å². The number of aryl methyl sites for hydroxylation is 1. The molecule has 2 unspecified atom stereocenters. The Morgan fingerprint density at radius 2 is 2.11 bits per heavy atom. The monoisotopic (exact) mass is 270 g/mol. The molecule has 0 bridgehead atoms. The summed E-state index contributed by atoms with van der Waals surface area (Å²) in [6.45, 7) is 2.17. The Hall–Kier alpha value is -1.53. The maximum atomic E-state index is 13.8. The topological polar surface area (TPSA) is 50.4 Å². The number of ether oxygens (including phenoxy) is 1. The van der Waals surface area contributed by atoms with E-state index in [4.69, 9.17) is 4.74 Å². The molecule has 1 aliphatic rings. The summed E-state index contributed by atoms with van der Waals surface area (Å²) >= 11 is 0. The fourth-order valence-corrected chi connectivity index (χ4v) is 2.08. The highest BCUT2D eigenvalue weighted by atomic mass is 19.1. The molecule has 104 valence electrons. The number of hydrogen-bond donors (Lipinski definition) is 2. The summed E-state index contributed by atoms with van der Waals surface area (Å²) in [5, 5.41) is 5.26. The number of hydrogen-bond acceptors (Lipinski definition) is 3. The summed E-state index contributed by atoms with van der Waals surface area (Å²) in [4.78, 5) is 12.0. The standard InChI is InChI=1S/C13H16F2N2O2/c1-7-3-4-9(14)12(11(7)15)17-13(18)8-5-19-6-10(8)16-2/h3-4,8,10,16H,5-6H2,1-2H3,(H,17,18). The van der Waals surface area contributed by atoms with Gasteiger partial charge in [0.25, 0.3) is 0 Å². The summed E-state index contributed by atoms with van der Waals surface area (Å²) in [6.07, 6.45) is 0. The number of halogens is 2. The van der Waals surface area contributed by atoms with Gasteiger partial charge in [-0.2, -0.15) is 0 Å². The molecule has 1 saturated heterocycles. The third-order valence-corrected chi connectivity index (χ3v) is 3.32. The lowest BCUT2D eigenvalue weighted by Gasteiger charge is -2.17. The van der Waals surface area contributed by atoms with Crippen molar-refractivity contribution in [1.82, 2.24) is 5.32 Å². The molecule has 1 fully saturated rings.